The van der Waals surface area contributed by atoms with Crippen LogP contribution in [0.2, 0.25) is 0 Å². The summed E-state index contributed by atoms with van der Waals surface area (Å²) in [5.41, 5.74) is 0. The third-order valence-corrected chi connectivity index (χ3v) is 9.07. The molecule has 1 N–H and O–H groups in total. The highest BCUT2D eigenvalue weighted by atomic mass is 32.2. The van der Waals surface area contributed by atoms with Crippen molar-refractivity contribution >= 4 is 20.0 Å². The summed E-state index contributed by atoms with van der Waals surface area (Å²) >= 11 is 0. The van der Waals surface area contributed by atoms with Gasteiger partial charge in [-0.05, 0) is 69.5 Å². The highest BCUT2D eigenvalue weighted by molar-refractivity contribution is 7.89. The van der Waals surface area contributed by atoms with Gasteiger partial charge >= 0.3 is 0 Å². The number of furan rings is 1. The second kappa shape index (κ2) is 9.21. The van der Waals surface area contributed by atoms with Crippen LogP contribution in [0.25, 0.3) is 0 Å². The topological polar surface area (TPSA) is 96.7 Å². The molecule has 166 valence electrons. The summed E-state index contributed by atoms with van der Waals surface area (Å²) in [4.78, 5) is 0.135. The molecule has 1 aliphatic rings. The van der Waals surface area contributed by atoms with Gasteiger partial charge < -0.3 is 4.42 Å². The molecular formula is C21H30N2O5S2. The van der Waals surface area contributed by atoms with E-state index < -0.39 is 20.0 Å². The molecule has 0 amide bonds. The lowest BCUT2D eigenvalue weighted by Gasteiger charge is -2.27. The third kappa shape index (κ3) is 5.14. The fourth-order valence-electron chi connectivity index (χ4n) is 3.67. The number of nitrogens with zero attached hydrogens (tertiary/aromatic N) is 1. The zero-order chi connectivity index (χ0) is 21.9. The lowest BCUT2D eigenvalue weighted by atomic mass is 10.2. The number of hydrogen-bond donors (Lipinski definition) is 1. The van der Waals surface area contributed by atoms with Gasteiger partial charge in [-0.1, -0.05) is 19.8 Å². The Morgan fingerprint density at radius 3 is 2.17 bits per heavy atom. The van der Waals surface area contributed by atoms with Gasteiger partial charge in [0.2, 0.25) is 20.0 Å². The van der Waals surface area contributed by atoms with E-state index in [0.29, 0.717) is 12.2 Å². The average Bonchev–Trinajstić information content (AvgIpc) is 3.37. The molecule has 3 rings (SSSR count). The van der Waals surface area contributed by atoms with Crippen LogP contribution in [0.15, 0.2) is 50.6 Å². The summed E-state index contributed by atoms with van der Waals surface area (Å²) in [5, 5.41) is 0. The summed E-state index contributed by atoms with van der Waals surface area (Å²) in [6.07, 6.45) is 4.27. The summed E-state index contributed by atoms with van der Waals surface area (Å²) in [7, 11) is -7.49. The Labute approximate surface area is 179 Å². The van der Waals surface area contributed by atoms with E-state index in [-0.39, 0.29) is 28.4 Å². The van der Waals surface area contributed by atoms with Crippen LogP contribution < -0.4 is 4.72 Å². The molecule has 1 heterocycles. The first-order valence-corrected chi connectivity index (χ1v) is 13.3. The molecule has 1 aromatic heterocycles. The van der Waals surface area contributed by atoms with Crippen LogP contribution in [0.1, 0.15) is 57.5 Å². The lowest BCUT2D eigenvalue weighted by Crippen LogP contribution is -2.38. The van der Waals surface area contributed by atoms with Gasteiger partial charge in [0.1, 0.15) is 11.5 Å². The molecule has 2 aromatic rings. The monoisotopic (exact) mass is 454 g/mol. The van der Waals surface area contributed by atoms with Crippen LogP contribution in [0.3, 0.4) is 0 Å². The molecule has 0 spiro atoms. The number of hydrogen-bond acceptors (Lipinski definition) is 5. The molecule has 9 heteroatoms. The molecule has 7 nitrogen and oxygen atoms in total. The number of benzene rings is 1. The first-order chi connectivity index (χ1) is 14.1. The van der Waals surface area contributed by atoms with Crippen molar-refractivity contribution < 1.29 is 21.3 Å². The minimum absolute atomic E-state index is 0.0517. The van der Waals surface area contributed by atoms with Crippen LogP contribution in [0.5, 0.6) is 0 Å². The molecule has 0 aliphatic heterocycles. The normalized spacial score (nSPS) is 16.9. The number of nitrogens with one attached hydrogen (secondary N) is 1. The number of aryl methyl sites for hydroxylation is 1. The van der Waals surface area contributed by atoms with E-state index in [1.54, 1.807) is 13.0 Å². The van der Waals surface area contributed by atoms with Gasteiger partial charge in [0.15, 0.2) is 0 Å². The predicted molar refractivity (Wildman–Crippen MR) is 115 cm³/mol. The van der Waals surface area contributed by atoms with Gasteiger partial charge in [0, 0.05) is 12.1 Å². The SMILES string of the molecule is CCC(C)NS(=O)(=O)c1ccc(S(=O)(=O)N(Cc2ccc(C)o2)C2CCCC2)cc1. The fourth-order valence-corrected chi connectivity index (χ4v) is 6.65. The van der Waals surface area contributed by atoms with Crippen molar-refractivity contribution in [2.24, 2.45) is 0 Å². The zero-order valence-electron chi connectivity index (χ0n) is 17.7. The standard InChI is InChI=1S/C21H30N2O5S2/c1-4-16(2)22-29(24,25)20-11-13-21(14-12-20)30(26,27)23(18-7-5-6-8-18)15-19-10-9-17(3)28-19/h9-14,16,18,22H,4-8,15H2,1-3H3. The van der Waals surface area contributed by atoms with Gasteiger partial charge in [-0.15, -0.1) is 0 Å². The molecule has 1 aromatic carbocycles. The van der Waals surface area contributed by atoms with Crippen molar-refractivity contribution in [2.45, 2.75) is 81.3 Å². The summed E-state index contributed by atoms with van der Waals surface area (Å²) in [6, 6.07) is 8.76. The Balaban J connectivity index is 1.89. The molecule has 0 radical (unpaired) electrons. The Bertz CT molecular complexity index is 1050. The van der Waals surface area contributed by atoms with Gasteiger partial charge in [0.25, 0.3) is 0 Å². The highest BCUT2D eigenvalue weighted by Gasteiger charge is 2.34. The highest BCUT2D eigenvalue weighted by Crippen LogP contribution is 2.31. The van der Waals surface area contributed by atoms with Crippen LogP contribution in [-0.2, 0) is 26.6 Å². The molecule has 0 bridgehead atoms. The minimum atomic E-state index is -3.81. The average molecular weight is 455 g/mol. The molecule has 1 saturated carbocycles. The lowest BCUT2D eigenvalue weighted by molar-refractivity contribution is 0.289. The van der Waals surface area contributed by atoms with Crippen molar-refractivity contribution in [3.8, 4) is 0 Å². The van der Waals surface area contributed by atoms with E-state index in [9.17, 15) is 16.8 Å². The van der Waals surface area contributed by atoms with E-state index in [2.05, 4.69) is 4.72 Å². The Morgan fingerprint density at radius 1 is 1.03 bits per heavy atom. The van der Waals surface area contributed by atoms with Crippen molar-refractivity contribution in [1.29, 1.82) is 0 Å². The smallest absolute Gasteiger partial charge is 0.243 e. The quantitative estimate of drug-likeness (QED) is 0.622. The Morgan fingerprint density at radius 2 is 1.63 bits per heavy atom. The number of rotatable bonds is 9. The van der Waals surface area contributed by atoms with Crippen LogP contribution >= 0.6 is 0 Å². The maximum Gasteiger partial charge on any atom is 0.243 e. The Hall–Kier alpha value is -1.68. The number of sulfonamides is 2. The summed E-state index contributed by atoms with van der Waals surface area (Å²) < 4.78 is 61.5. The van der Waals surface area contributed by atoms with Gasteiger partial charge in [0.05, 0.1) is 16.3 Å². The van der Waals surface area contributed by atoms with Gasteiger partial charge in [-0.3, -0.25) is 0 Å². The maximum atomic E-state index is 13.4. The van der Waals surface area contributed by atoms with Crippen molar-refractivity contribution in [1.82, 2.24) is 9.03 Å². The molecule has 1 aliphatic carbocycles. The molecular weight excluding hydrogens is 424 g/mol. The summed E-state index contributed by atoms with van der Waals surface area (Å²) in [5.74, 6) is 1.33. The minimum Gasteiger partial charge on any atom is -0.465 e. The van der Waals surface area contributed by atoms with Gasteiger partial charge in [-0.25, -0.2) is 21.6 Å². The van der Waals surface area contributed by atoms with E-state index in [0.717, 1.165) is 31.4 Å². The van der Waals surface area contributed by atoms with Crippen molar-refractivity contribution in [3.63, 3.8) is 0 Å². The molecule has 0 saturated heterocycles. The van der Waals surface area contributed by atoms with Crippen LogP contribution in [0, 0.1) is 6.92 Å². The zero-order valence-corrected chi connectivity index (χ0v) is 19.3. The predicted octanol–water partition coefficient (Wildman–Crippen LogP) is 3.80. The van der Waals surface area contributed by atoms with Crippen molar-refractivity contribution in [3.05, 3.63) is 47.9 Å². The maximum absolute atomic E-state index is 13.4. The first kappa shape index (κ1) is 23.0. The largest absolute Gasteiger partial charge is 0.465 e. The fraction of sp³-hybridized carbons (Fsp3) is 0.524. The van der Waals surface area contributed by atoms with Gasteiger partial charge in [-0.2, -0.15) is 4.31 Å². The first-order valence-electron chi connectivity index (χ1n) is 10.3. The van der Waals surface area contributed by atoms with Crippen LogP contribution in [0.4, 0.5) is 0 Å². The molecule has 1 fully saturated rings. The Kier molecular flexibility index (Phi) is 7.06. The van der Waals surface area contributed by atoms with E-state index in [1.165, 1.54) is 28.6 Å². The summed E-state index contributed by atoms with van der Waals surface area (Å²) in [6.45, 7) is 5.66. The van der Waals surface area contributed by atoms with E-state index >= 15 is 0 Å². The molecule has 1 atom stereocenters. The molecule has 30 heavy (non-hydrogen) atoms. The second-order valence-electron chi connectivity index (χ2n) is 7.90. The third-order valence-electron chi connectivity index (χ3n) is 5.55. The van der Waals surface area contributed by atoms with Crippen molar-refractivity contribution in [2.75, 3.05) is 0 Å². The van der Waals surface area contributed by atoms with Crippen LogP contribution in [-0.4, -0.2) is 33.2 Å². The van der Waals surface area contributed by atoms with E-state index in [4.69, 9.17) is 4.42 Å². The molecule has 1 unspecified atom stereocenters. The second-order valence-corrected chi connectivity index (χ2v) is 11.5. The van der Waals surface area contributed by atoms with E-state index in [1.807, 2.05) is 19.9 Å².